The van der Waals surface area contributed by atoms with Gasteiger partial charge in [0.2, 0.25) is 0 Å². The zero-order valence-corrected chi connectivity index (χ0v) is 35.6. The third-order valence-electron chi connectivity index (χ3n) is 8.85. The molecule has 0 aromatic carbocycles. The Morgan fingerprint density at radius 2 is 1.21 bits per heavy atom. The summed E-state index contributed by atoms with van der Waals surface area (Å²) in [6.45, 7) is 4.33. The molecule has 56 heavy (non-hydrogen) atoms. The Morgan fingerprint density at radius 3 is 1.82 bits per heavy atom. The van der Waals surface area contributed by atoms with E-state index in [9.17, 15) is 34.4 Å². The molecule has 0 bridgehead atoms. The summed E-state index contributed by atoms with van der Waals surface area (Å²) in [6, 6.07) is 0. The highest BCUT2D eigenvalue weighted by Crippen LogP contribution is 2.43. The highest BCUT2D eigenvalue weighted by Gasteiger charge is 2.27. The third-order valence-corrected chi connectivity index (χ3v) is 9.81. The first-order valence-electron chi connectivity index (χ1n) is 21.2. The number of allylic oxidation sites excluding steroid dienone is 5. The van der Waals surface area contributed by atoms with Crippen molar-refractivity contribution in [2.45, 2.75) is 180 Å². The quantitative estimate of drug-likeness (QED) is 0.0131. The van der Waals surface area contributed by atoms with E-state index in [2.05, 4.69) is 31.4 Å². The van der Waals surface area contributed by atoms with Crippen molar-refractivity contribution in [3.63, 3.8) is 0 Å². The molecule has 0 radical (unpaired) electrons. The van der Waals surface area contributed by atoms with Crippen LogP contribution >= 0.6 is 7.82 Å². The SMILES string of the molecule is CCCCC/C=C\C[C@H](O)/C=C/C=C/C=C\[C@H](O)CCCC(=O)O[C@H](COC(=O)CCCCCCCCCCCCCC(C)C)COP(=O)(O)OC[C@@H](O)CO. The first-order valence-corrected chi connectivity index (χ1v) is 22.7. The number of phosphoric ester groups is 1. The van der Waals surface area contributed by atoms with Gasteiger partial charge in [-0.25, -0.2) is 4.57 Å². The average molecular weight is 817 g/mol. The van der Waals surface area contributed by atoms with Crippen LogP contribution < -0.4 is 0 Å². The molecule has 0 aliphatic carbocycles. The number of unbranched alkanes of at least 4 members (excludes halogenated alkanes) is 13. The van der Waals surface area contributed by atoms with Gasteiger partial charge in [0.25, 0.3) is 0 Å². The normalized spacial score (nSPS) is 15.6. The molecule has 5 atom stereocenters. The molecule has 0 aliphatic heterocycles. The maximum atomic E-state index is 12.6. The van der Waals surface area contributed by atoms with Crippen LogP contribution in [0, 0.1) is 5.92 Å². The summed E-state index contributed by atoms with van der Waals surface area (Å²) in [4.78, 5) is 35.0. The number of hydrogen-bond donors (Lipinski definition) is 5. The predicted molar refractivity (Wildman–Crippen MR) is 222 cm³/mol. The van der Waals surface area contributed by atoms with Gasteiger partial charge in [0.15, 0.2) is 6.10 Å². The smallest absolute Gasteiger partial charge is 0.462 e. The second-order valence-corrected chi connectivity index (χ2v) is 16.4. The van der Waals surface area contributed by atoms with Crippen molar-refractivity contribution < 1.29 is 58.0 Å². The van der Waals surface area contributed by atoms with E-state index in [0.717, 1.165) is 38.0 Å². The maximum absolute atomic E-state index is 12.6. The van der Waals surface area contributed by atoms with Crippen molar-refractivity contribution in [1.29, 1.82) is 0 Å². The van der Waals surface area contributed by atoms with Crippen LogP contribution in [0.2, 0.25) is 0 Å². The van der Waals surface area contributed by atoms with Gasteiger partial charge in [-0.1, -0.05) is 153 Å². The van der Waals surface area contributed by atoms with Crippen molar-refractivity contribution >= 4 is 19.8 Å². The summed E-state index contributed by atoms with van der Waals surface area (Å²) in [5.74, 6) is -0.381. The van der Waals surface area contributed by atoms with E-state index in [0.29, 0.717) is 12.8 Å². The summed E-state index contributed by atoms with van der Waals surface area (Å²) >= 11 is 0. The van der Waals surface area contributed by atoms with Gasteiger partial charge in [-0.15, -0.1) is 0 Å². The van der Waals surface area contributed by atoms with Crippen molar-refractivity contribution in [2.75, 3.05) is 26.4 Å². The van der Waals surface area contributed by atoms with Crippen LogP contribution in [0.5, 0.6) is 0 Å². The molecular formula is C43H77O12P. The van der Waals surface area contributed by atoms with Gasteiger partial charge < -0.3 is 34.8 Å². The minimum absolute atomic E-state index is 0.0763. The molecule has 0 aromatic rings. The molecule has 0 spiro atoms. The van der Waals surface area contributed by atoms with E-state index in [-0.39, 0.29) is 25.7 Å². The molecule has 0 saturated carbocycles. The van der Waals surface area contributed by atoms with Crippen molar-refractivity contribution in [1.82, 2.24) is 0 Å². The molecule has 326 valence electrons. The lowest BCUT2D eigenvalue weighted by atomic mass is 10.0. The van der Waals surface area contributed by atoms with Crippen molar-refractivity contribution in [3.05, 3.63) is 48.6 Å². The number of hydrogen-bond acceptors (Lipinski definition) is 11. The Bertz CT molecular complexity index is 1120. The molecule has 0 aromatic heterocycles. The summed E-state index contributed by atoms with van der Waals surface area (Å²) in [5.41, 5.74) is 0. The zero-order chi connectivity index (χ0) is 41.7. The van der Waals surface area contributed by atoms with Crippen LogP contribution in [-0.4, -0.2) is 88.1 Å². The molecule has 12 nitrogen and oxygen atoms in total. The Kier molecular flexibility index (Phi) is 35.7. The van der Waals surface area contributed by atoms with Crippen LogP contribution in [0.1, 0.15) is 156 Å². The number of esters is 2. The fourth-order valence-electron chi connectivity index (χ4n) is 5.49. The van der Waals surface area contributed by atoms with E-state index in [1.807, 2.05) is 6.08 Å². The third kappa shape index (κ3) is 37.4. The lowest BCUT2D eigenvalue weighted by molar-refractivity contribution is -0.161. The van der Waals surface area contributed by atoms with E-state index >= 15 is 0 Å². The average Bonchev–Trinajstić information content (AvgIpc) is 3.16. The highest BCUT2D eigenvalue weighted by molar-refractivity contribution is 7.47. The molecule has 13 heteroatoms. The Balaban J connectivity index is 4.59. The van der Waals surface area contributed by atoms with Gasteiger partial charge in [-0.05, 0) is 44.4 Å². The van der Waals surface area contributed by atoms with Crippen molar-refractivity contribution in [2.24, 2.45) is 5.92 Å². The number of phosphoric acid groups is 1. The first kappa shape index (κ1) is 53.9. The second-order valence-electron chi connectivity index (χ2n) is 14.9. The standard InChI is InChI=1S/C43H77O12P/c1-4-5-6-7-16-21-27-38(45)28-22-18-19-23-29-39(46)30-25-32-43(49)55-41(36-54-56(50,51)53-34-40(47)33-44)35-52-42(48)31-24-17-14-12-10-8-9-11-13-15-20-26-37(2)3/h16,18-19,21-23,28-29,37-41,44-47H,4-15,17,20,24-27,30-36H2,1-3H3,(H,50,51)/b19-18+,21-16-,28-22+,29-23-/t38-,39-,40-,41+/m0/s1. The van der Waals surface area contributed by atoms with Gasteiger partial charge in [0, 0.05) is 12.8 Å². The minimum Gasteiger partial charge on any atom is -0.462 e. The van der Waals surface area contributed by atoms with Gasteiger partial charge in [0.1, 0.15) is 12.7 Å². The molecule has 0 saturated heterocycles. The van der Waals surface area contributed by atoms with Crippen LogP contribution in [0.25, 0.3) is 0 Å². The molecule has 1 unspecified atom stereocenters. The number of aliphatic hydroxyl groups is 4. The van der Waals surface area contributed by atoms with Crippen LogP contribution in [0.4, 0.5) is 0 Å². The minimum atomic E-state index is -4.69. The molecule has 5 N–H and O–H groups in total. The topological polar surface area (TPSA) is 189 Å². The largest absolute Gasteiger partial charge is 0.472 e. The lowest BCUT2D eigenvalue weighted by Gasteiger charge is -2.20. The number of ether oxygens (including phenoxy) is 2. The monoisotopic (exact) mass is 817 g/mol. The zero-order valence-electron chi connectivity index (χ0n) is 34.7. The van der Waals surface area contributed by atoms with Gasteiger partial charge in [-0.2, -0.15) is 0 Å². The summed E-state index contributed by atoms with van der Waals surface area (Å²) in [6.07, 6.45) is 30.0. The fourth-order valence-corrected chi connectivity index (χ4v) is 6.28. The molecule has 0 rings (SSSR count). The maximum Gasteiger partial charge on any atom is 0.472 e. The Hall–Kier alpha value is -2.15. The van der Waals surface area contributed by atoms with Gasteiger partial charge >= 0.3 is 19.8 Å². The van der Waals surface area contributed by atoms with Gasteiger partial charge in [0.05, 0.1) is 32.0 Å². The lowest BCUT2D eigenvalue weighted by Crippen LogP contribution is -2.30. The summed E-state index contributed by atoms with van der Waals surface area (Å²) in [5, 5.41) is 38.6. The van der Waals surface area contributed by atoms with E-state index in [1.54, 1.807) is 36.5 Å². The van der Waals surface area contributed by atoms with Crippen LogP contribution in [0.15, 0.2) is 48.6 Å². The Labute approximate surface area is 338 Å². The molecular weight excluding hydrogens is 739 g/mol. The van der Waals surface area contributed by atoms with Crippen molar-refractivity contribution in [3.8, 4) is 0 Å². The second kappa shape index (κ2) is 37.1. The van der Waals surface area contributed by atoms with E-state index in [4.69, 9.17) is 19.1 Å². The Morgan fingerprint density at radius 1 is 0.643 bits per heavy atom. The van der Waals surface area contributed by atoms with Crippen LogP contribution in [-0.2, 0) is 32.7 Å². The molecule has 0 fully saturated rings. The molecule has 0 amide bonds. The number of carbonyl (C=O) groups is 2. The van der Waals surface area contributed by atoms with E-state index in [1.165, 1.54) is 64.2 Å². The fraction of sp³-hybridized carbons (Fsp3) is 0.767. The van der Waals surface area contributed by atoms with E-state index < -0.39 is 70.6 Å². The summed E-state index contributed by atoms with van der Waals surface area (Å²) < 4.78 is 32.5. The number of rotatable bonds is 38. The number of carbonyl (C=O) groups excluding carboxylic acids is 2. The number of aliphatic hydroxyl groups excluding tert-OH is 4. The van der Waals surface area contributed by atoms with Crippen LogP contribution in [0.3, 0.4) is 0 Å². The first-order chi connectivity index (χ1) is 26.9. The molecule has 0 heterocycles. The summed E-state index contributed by atoms with van der Waals surface area (Å²) in [7, 11) is -4.69. The predicted octanol–water partition coefficient (Wildman–Crippen LogP) is 8.74. The molecule has 0 aliphatic rings. The highest BCUT2D eigenvalue weighted by atomic mass is 31.2. The van der Waals surface area contributed by atoms with Gasteiger partial charge in [-0.3, -0.25) is 18.6 Å².